The molecule has 0 heterocycles. The SMILES string of the molecule is CCOC(C)CNCc1ccc(C#N)cc1Cl. The van der Waals surface area contributed by atoms with E-state index in [9.17, 15) is 0 Å². The summed E-state index contributed by atoms with van der Waals surface area (Å²) >= 11 is 6.06. The predicted octanol–water partition coefficient (Wildman–Crippen LogP) is 2.73. The topological polar surface area (TPSA) is 45.0 Å². The largest absolute Gasteiger partial charge is 0.377 e. The maximum absolute atomic E-state index is 8.72. The number of halogens is 1. The quantitative estimate of drug-likeness (QED) is 0.847. The Morgan fingerprint density at radius 1 is 1.53 bits per heavy atom. The van der Waals surface area contributed by atoms with Gasteiger partial charge in [0, 0.05) is 24.7 Å². The van der Waals surface area contributed by atoms with Crippen molar-refractivity contribution in [2.45, 2.75) is 26.5 Å². The highest BCUT2D eigenvalue weighted by Gasteiger charge is 2.03. The molecule has 1 atom stereocenters. The van der Waals surface area contributed by atoms with Crippen molar-refractivity contribution in [1.82, 2.24) is 5.32 Å². The molecule has 0 aliphatic rings. The van der Waals surface area contributed by atoms with Gasteiger partial charge in [-0.1, -0.05) is 17.7 Å². The first kappa shape index (κ1) is 14.0. The van der Waals surface area contributed by atoms with Gasteiger partial charge in [0.15, 0.2) is 0 Å². The van der Waals surface area contributed by atoms with Gasteiger partial charge in [-0.25, -0.2) is 0 Å². The molecule has 1 aromatic carbocycles. The van der Waals surface area contributed by atoms with Crippen molar-refractivity contribution in [3.05, 3.63) is 34.3 Å². The van der Waals surface area contributed by atoms with Crippen LogP contribution in [-0.2, 0) is 11.3 Å². The highest BCUT2D eigenvalue weighted by Crippen LogP contribution is 2.17. The van der Waals surface area contributed by atoms with E-state index in [-0.39, 0.29) is 6.10 Å². The minimum atomic E-state index is 0.192. The number of hydrogen-bond acceptors (Lipinski definition) is 3. The number of nitrogens with one attached hydrogen (secondary N) is 1. The highest BCUT2D eigenvalue weighted by molar-refractivity contribution is 6.31. The highest BCUT2D eigenvalue weighted by atomic mass is 35.5. The summed E-state index contributed by atoms with van der Waals surface area (Å²) in [6.07, 6.45) is 0.192. The van der Waals surface area contributed by atoms with Gasteiger partial charge in [-0.05, 0) is 31.5 Å². The van der Waals surface area contributed by atoms with Crippen LogP contribution < -0.4 is 5.32 Å². The molecular formula is C13H17ClN2O. The minimum Gasteiger partial charge on any atom is -0.377 e. The summed E-state index contributed by atoms with van der Waals surface area (Å²) in [5, 5.41) is 12.6. The van der Waals surface area contributed by atoms with Crippen molar-refractivity contribution < 1.29 is 4.74 Å². The van der Waals surface area contributed by atoms with E-state index in [1.165, 1.54) is 0 Å². The van der Waals surface area contributed by atoms with Crippen LogP contribution in [0.3, 0.4) is 0 Å². The van der Waals surface area contributed by atoms with E-state index in [1.54, 1.807) is 12.1 Å². The molecule has 0 aliphatic heterocycles. The molecule has 3 nitrogen and oxygen atoms in total. The van der Waals surface area contributed by atoms with Crippen LogP contribution in [0, 0.1) is 11.3 Å². The van der Waals surface area contributed by atoms with E-state index < -0.39 is 0 Å². The number of ether oxygens (including phenoxy) is 1. The van der Waals surface area contributed by atoms with Gasteiger partial charge in [0.2, 0.25) is 0 Å². The van der Waals surface area contributed by atoms with Crippen LogP contribution in [0.5, 0.6) is 0 Å². The standard InChI is InChI=1S/C13H17ClN2O/c1-3-17-10(2)8-16-9-12-5-4-11(7-15)6-13(12)14/h4-6,10,16H,3,8-9H2,1-2H3. The zero-order valence-electron chi connectivity index (χ0n) is 10.2. The molecule has 0 saturated heterocycles. The summed E-state index contributed by atoms with van der Waals surface area (Å²) in [5.74, 6) is 0. The number of benzene rings is 1. The predicted molar refractivity (Wildman–Crippen MR) is 69.0 cm³/mol. The fraction of sp³-hybridized carbons (Fsp3) is 0.462. The average Bonchev–Trinajstić information content (AvgIpc) is 2.31. The monoisotopic (exact) mass is 252 g/mol. The number of nitriles is 1. The Kier molecular flexibility index (Phi) is 5.99. The number of rotatable bonds is 6. The fourth-order valence-electron chi connectivity index (χ4n) is 1.51. The summed E-state index contributed by atoms with van der Waals surface area (Å²) in [6.45, 7) is 6.19. The van der Waals surface area contributed by atoms with Crippen molar-refractivity contribution in [1.29, 1.82) is 5.26 Å². The van der Waals surface area contributed by atoms with E-state index in [4.69, 9.17) is 21.6 Å². The molecule has 0 aromatic heterocycles. The molecule has 0 amide bonds. The van der Waals surface area contributed by atoms with Crippen LogP contribution in [0.15, 0.2) is 18.2 Å². The van der Waals surface area contributed by atoms with Gasteiger partial charge in [0.1, 0.15) is 0 Å². The van der Waals surface area contributed by atoms with Gasteiger partial charge in [-0.15, -0.1) is 0 Å². The Bertz CT molecular complexity index is 401. The van der Waals surface area contributed by atoms with Gasteiger partial charge in [-0.3, -0.25) is 0 Å². The van der Waals surface area contributed by atoms with Crippen LogP contribution in [0.1, 0.15) is 25.0 Å². The molecule has 4 heteroatoms. The van der Waals surface area contributed by atoms with Gasteiger partial charge >= 0.3 is 0 Å². The van der Waals surface area contributed by atoms with E-state index in [0.29, 0.717) is 17.1 Å². The van der Waals surface area contributed by atoms with Crippen molar-refractivity contribution >= 4 is 11.6 Å². The van der Waals surface area contributed by atoms with E-state index >= 15 is 0 Å². The third kappa shape index (κ3) is 4.74. The first-order chi connectivity index (χ1) is 8.17. The van der Waals surface area contributed by atoms with Crippen molar-refractivity contribution in [2.75, 3.05) is 13.2 Å². The van der Waals surface area contributed by atoms with Crippen LogP contribution in [0.2, 0.25) is 5.02 Å². The average molecular weight is 253 g/mol. The Labute approximate surface area is 107 Å². The van der Waals surface area contributed by atoms with Crippen LogP contribution in [-0.4, -0.2) is 19.3 Å². The third-order valence-electron chi connectivity index (χ3n) is 2.38. The number of nitrogens with zero attached hydrogens (tertiary/aromatic N) is 1. The van der Waals surface area contributed by atoms with E-state index in [1.807, 2.05) is 19.9 Å². The first-order valence-corrected chi connectivity index (χ1v) is 6.06. The summed E-state index contributed by atoms with van der Waals surface area (Å²) in [5.41, 5.74) is 1.58. The Balaban J connectivity index is 2.45. The molecule has 17 heavy (non-hydrogen) atoms. The minimum absolute atomic E-state index is 0.192. The second kappa shape index (κ2) is 7.29. The lowest BCUT2D eigenvalue weighted by Crippen LogP contribution is -2.26. The van der Waals surface area contributed by atoms with E-state index in [2.05, 4.69) is 11.4 Å². The van der Waals surface area contributed by atoms with E-state index in [0.717, 1.165) is 18.7 Å². The molecule has 92 valence electrons. The summed E-state index contributed by atoms with van der Waals surface area (Å²) in [4.78, 5) is 0. The molecule has 0 aliphatic carbocycles. The van der Waals surface area contributed by atoms with Crippen LogP contribution in [0.4, 0.5) is 0 Å². The molecule has 1 N–H and O–H groups in total. The van der Waals surface area contributed by atoms with Gasteiger partial charge < -0.3 is 10.1 Å². The van der Waals surface area contributed by atoms with Crippen LogP contribution in [0.25, 0.3) is 0 Å². The molecule has 0 spiro atoms. The lowest BCUT2D eigenvalue weighted by Gasteiger charge is -2.13. The Morgan fingerprint density at radius 3 is 2.88 bits per heavy atom. The van der Waals surface area contributed by atoms with Gasteiger partial charge in [-0.2, -0.15) is 5.26 Å². The normalized spacial score (nSPS) is 12.1. The molecule has 0 saturated carbocycles. The molecule has 1 rings (SSSR count). The smallest absolute Gasteiger partial charge is 0.0992 e. The summed E-state index contributed by atoms with van der Waals surface area (Å²) in [7, 11) is 0. The molecule has 0 radical (unpaired) electrons. The summed E-state index contributed by atoms with van der Waals surface area (Å²) < 4.78 is 5.41. The molecule has 0 fully saturated rings. The van der Waals surface area contributed by atoms with Crippen molar-refractivity contribution in [3.8, 4) is 6.07 Å². The third-order valence-corrected chi connectivity index (χ3v) is 2.73. The summed E-state index contributed by atoms with van der Waals surface area (Å²) in [6, 6.07) is 7.39. The van der Waals surface area contributed by atoms with Crippen molar-refractivity contribution in [2.24, 2.45) is 0 Å². The van der Waals surface area contributed by atoms with Gasteiger partial charge in [0.05, 0.1) is 17.7 Å². The van der Waals surface area contributed by atoms with Crippen molar-refractivity contribution in [3.63, 3.8) is 0 Å². The second-order valence-corrected chi connectivity index (χ2v) is 4.22. The van der Waals surface area contributed by atoms with Crippen LogP contribution >= 0.6 is 11.6 Å². The zero-order valence-corrected chi connectivity index (χ0v) is 10.9. The molecule has 1 aromatic rings. The molecule has 0 bridgehead atoms. The Morgan fingerprint density at radius 2 is 2.29 bits per heavy atom. The fourth-order valence-corrected chi connectivity index (χ4v) is 1.76. The number of hydrogen-bond donors (Lipinski definition) is 1. The molecular weight excluding hydrogens is 236 g/mol. The lowest BCUT2D eigenvalue weighted by molar-refractivity contribution is 0.0759. The first-order valence-electron chi connectivity index (χ1n) is 5.68. The zero-order chi connectivity index (χ0) is 12.7. The second-order valence-electron chi connectivity index (χ2n) is 3.81. The maximum atomic E-state index is 8.72. The van der Waals surface area contributed by atoms with Gasteiger partial charge in [0.25, 0.3) is 0 Å². The maximum Gasteiger partial charge on any atom is 0.0992 e. The lowest BCUT2D eigenvalue weighted by atomic mass is 10.1. The molecule has 1 unspecified atom stereocenters. The Hall–Kier alpha value is -1.08.